The smallest absolute Gasteiger partial charge is 0.249 e. The molecular weight excluding hydrogens is 330 g/mol. The van der Waals surface area contributed by atoms with Gasteiger partial charge < -0.3 is 19.1 Å². The van der Waals surface area contributed by atoms with Crippen molar-refractivity contribution in [3.8, 4) is 11.3 Å². The van der Waals surface area contributed by atoms with Crippen LogP contribution in [0.5, 0.6) is 0 Å². The number of nitrogens with zero attached hydrogens (tertiary/aromatic N) is 3. The molecule has 0 aliphatic rings. The van der Waals surface area contributed by atoms with Crippen molar-refractivity contribution in [3.05, 3.63) is 35.9 Å². The van der Waals surface area contributed by atoms with Gasteiger partial charge in [-0.25, -0.2) is 0 Å². The van der Waals surface area contributed by atoms with Crippen LogP contribution in [0.15, 0.2) is 34.9 Å². The first-order chi connectivity index (χ1) is 12.5. The molecule has 0 radical (unpaired) electrons. The Bertz CT molecular complexity index is 694. The second-order valence-electron chi connectivity index (χ2n) is 6.40. The summed E-state index contributed by atoms with van der Waals surface area (Å²) in [5.74, 6) is 0.679. The van der Waals surface area contributed by atoms with Crippen molar-refractivity contribution in [2.75, 3.05) is 31.7 Å². The molecule has 0 spiro atoms. The summed E-state index contributed by atoms with van der Waals surface area (Å²) in [5, 5.41) is 4.34. The Morgan fingerprint density at radius 3 is 2.38 bits per heavy atom. The van der Waals surface area contributed by atoms with Gasteiger partial charge in [0.05, 0.1) is 12.1 Å². The fourth-order valence-corrected chi connectivity index (χ4v) is 2.96. The molecule has 2 aromatic rings. The number of methoxy groups -OCH3 is 1. The van der Waals surface area contributed by atoms with Gasteiger partial charge in [0.2, 0.25) is 11.8 Å². The molecule has 26 heavy (non-hydrogen) atoms. The number of aromatic nitrogens is 1. The molecule has 0 aliphatic carbocycles. The van der Waals surface area contributed by atoms with Crippen LogP contribution in [0.2, 0.25) is 0 Å². The normalized spacial score (nSPS) is 11.0. The average molecular weight is 359 g/mol. The predicted molar refractivity (Wildman–Crippen MR) is 103 cm³/mol. The molecule has 0 bridgehead atoms. The van der Waals surface area contributed by atoms with Crippen molar-refractivity contribution in [1.29, 1.82) is 0 Å². The van der Waals surface area contributed by atoms with E-state index >= 15 is 0 Å². The van der Waals surface area contributed by atoms with E-state index in [4.69, 9.17) is 9.26 Å². The highest BCUT2D eigenvalue weighted by Crippen LogP contribution is 2.32. The van der Waals surface area contributed by atoms with Gasteiger partial charge in [-0.05, 0) is 27.7 Å². The summed E-state index contributed by atoms with van der Waals surface area (Å²) in [5.41, 5.74) is 2.69. The van der Waals surface area contributed by atoms with Gasteiger partial charge in [-0.1, -0.05) is 35.5 Å². The van der Waals surface area contributed by atoms with Gasteiger partial charge in [-0.3, -0.25) is 4.79 Å². The standard InChI is InChI=1S/C20H29N3O3/c1-6-22(7-2)20-17(13-23(15(3)4)18(24)14-25-5)19(21-26-20)16-11-9-8-10-12-16/h8-12,15H,6-7,13-14H2,1-5H3. The fraction of sp³-hybridized carbons (Fsp3) is 0.500. The molecular formula is C20H29N3O3. The first-order valence-corrected chi connectivity index (χ1v) is 9.10. The fourth-order valence-electron chi connectivity index (χ4n) is 2.96. The largest absolute Gasteiger partial charge is 0.375 e. The quantitative estimate of drug-likeness (QED) is 0.685. The third-order valence-corrected chi connectivity index (χ3v) is 4.41. The lowest BCUT2D eigenvalue weighted by molar-refractivity contribution is -0.137. The number of benzene rings is 1. The van der Waals surface area contributed by atoms with E-state index in [-0.39, 0.29) is 18.6 Å². The lowest BCUT2D eigenvalue weighted by Crippen LogP contribution is -2.39. The first kappa shape index (κ1) is 20.0. The number of carbonyl (C=O) groups excluding carboxylic acids is 1. The maximum atomic E-state index is 12.5. The van der Waals surface area contributed by atoms with E-state index in [1.54, 1.807) is 4.90 Å². The first-order valence-electron chi connectivity index (χ1n) is 9.10. The lowest BCUT2D eigenvalue weighted by atomic mass is 10.1. The van der Waals surface area contributed by atoms with E-state index in [0.29, 0.717) is 6.54 Å². The Hall–Kier alpha value is -2.34. The highest BCUT2D eigenvalue weighted by molar-refractivity contribution is 5.78. The van der Waals surface area contributed by atoms with Crippen LogP contribution >= 0.6 is 0 Å². The minimum Gasteiger partial charge on any atom is -0.375 e. The summed E-state index contributed by atoms with van der Waals surface area (Å²) in [4.78, 5) is 16.4. The Kier molecular flexibility index (Phi) is 7.21. The number of carbonyl (C=O) groups is 1. The molecule has 0 unspecified atom stereocenters. The summed E-state index contributed by atoms with van der Waals surface area (Å²) in [7, 11) is 1.53. The van der Waals surface area contributed by atoms with Crippen molar-refractivity contribution in [2.24, 2.45) is 0 Å². The van der Waals surface area contributed by atoms with E-state index in [0.717, 1.165) is 35.8 Å². The van der Waals surface area contributed by atoms with Crippen LogP contribution in [0, 0.1) is 0 Å². The van der Waals surface area contributed by atoms with Gasteiger partial charge in [-0.2, -0.15) is 0 Å². The summed E-state index contributed by atoms with van der Waals surface area (Å²) < 4.78 is 10.8. The Morgan fingerprint density at radius 2 is 1.85 bits per heavy atom. The average Bonchev–Trinajstić information content (AvgIpc) is 3.05. The van der Waals surface area contributed by atoms with Gasteiger partial charge >= 0.3 is 0 Å². The number of anilines is 1. The molecule has 0 saturated carbocycles. The minimum atomic E-state index is -0.0480. The zero-order valence-electron chi connectivity index (χ0n) is 16.4. The van der Waals surface area contributed by atoms with Crippen molar-refractivity contribution >= 4 is 11.8 Å². The zero-order valence-corrected chi connectivity index (χ0v) is 16.4. The number of hydrogen-bond acceptors (Lipinski definition) is 5. The van der Waals surface area contributed by atoms with Crippen LogP contribution < -0.4 is 4.90 Å². The second kappa shape index (κ2) is 9.38. The molecule has 6 nitrogen and oxygen atoms in total. The molecule has 0 N–H and O–H groups in total. The molecule has 2 rings (SSSR count). The SMILES string of the molecule is CCN(CC)c1onc(-c2ccccc2)c1CN(C(=O)COC)C(C)C. The predicted octanol–water partition coefficient (Wildman–Crippen LogP) is 3.57. The van der Waals surface area contributed by atoms with Crippen molar-refractivity contribution < 1.29 is 14.1 Å². The van der Waals surface area contributed by atoms with E-state index in [9.17, 15) is 4.79 Å². The van der Waals surface area contributed by atoms with Crippen molar-refractivity contribution in [1.82, 2.24) is 10.1 Å². The van der Waals surface area contributed by atoms with E-state index in [2.05, 4.69) is 23.9 Å². The third kappa shape index (κ3) is 4.43. The van der Waals surface area contributed by atoms with Gasteiger partial charge in [0.25, 0.3) is 0 Å². The molecule has 0 fully saturated rings. The number of rotatable bonds is 9. The van der Waals surface area contributed by atoms with Crippen molar-refractivity contribution in [3.63, 3.8) is 0 Å². The molecule has 6 heteroatoms. The van der Waals surface area contributed by atoms with Crippen LogP contribution in [-0.4, -0.2) is 48.8 Å². The maximum absolute atomic E-state index is 12.5. The molecule has 1 aromatic heterocycles. The number of ether oxygens (including phenoxy) is 1. The highest BCUT2D eigenvalue weighted by Gasteiger charge is 2.26. The number of amides is 1. The van der Waals surface area contributed by atoms with Crippen LogP contribution in [0.3, 0.4) is 0 Å². The Balaban J connectivity index is 2.48. The summed E-state index contributed by atoms with van der Waals surface area (Å²) in [6.07, 6.45) is 0. The topological polar surface area (TPSA) is 58.8 Å². The van der Waals surface area contributed by atoms with Gasteiger partial charge in [-0.15, -0.1) is 0 Å². The molecule has 142 valence electrons. The van der Waals surface area contributed by atoms with Crippen LogP contribution in [0.4, 0.5) is 5.88 Å². The maximum Gasteiger partial charge on any atom is 0.249 e. The zero-order chi connectivity index (χ0) is 19.1. The van der Waals surface area contributed by atoms with Gasteiger partial charge in [0, 0.05) is 31.8 Å². The van der Waals surface area contributed by atoms with Crippen LogP contribution in [-0.2, 0) is 16.1 Å². The molecule has 1 amide bonds. The molecule has 1 heterocycles. The minimum absolute atomic E-state index is 0.0423. The van der Waals surface area contributed by atoms with Crippen molar-refractivity contribution in [2.45, 2.75) is 40.3 Å². The number of hydrogen-bond donors (Lipinski definition) is 0. The second-order valence-corrected chi connectivity index (χ2v) is 6.40. The van der Waals surface area contributed by atoms with Gasteiger partial charge in [0.1, 0.15) is 12.3 Å². The summed E-state index contributed by atoms with van der Waals surface area (Å²) >= 11 is 0. The van der Waals surface area contributed by atoms with Gasteiger partial charge in [0.15, 0.2) is 0 Å². The monoisotopic (exact) mass is 359 g/mol. The Labute approximate surface area is 155 Å². The molecule has 0 saturated heterocycles. The third-order valence-electron chi connectivity index (χ3n) is 4.41. The molecule has 0 atom stereocenters. The van der Waals surface area contributed by atoms with Crippen LogP contribution in [0.25, 0.3) is 11.3 Å². The van der Waals surface area contributed by atoms with E-state index in [1.807, 2.05) is 44.2 Å². The summed E-state index contributed by atoms with van der Waals surface area (Å²) in [6.45, 7) is 10.3. The van der Waals surface area contributed by atoms with E-state index in [1.165, 1.54) is 7.11 Å². The molecule has 0 aliphatic heterocycles. The van der Waals surface area contributed by atoms with E-state index < -0.39 is 0 Å². The Morgan fingerprint density at radius 1 is 1.19 bits per heavy atom. The lowest BCUT2D eigenvalue weighted by Gasteiger charge is -2.28. The summed E-state index contributed by atoms with van der Waals surface area (Å²) in [6, 6.07) is 9.97. The molecule has 1 aromatic carbocycles. The highest BCUT2D eigenvalue weighted by atomic mass is 16.5. The van der Waals surface area contributed by atoms with Crippen LogP contribution in [0.1, 0.15) is 33.3 Å².